The zero-order valence-electron chi connectivity index (χ0n) is 10.5. The molecule has 2 aromatic heterocycles. The summed E-state index contributed by atoms with van der Waals surface area (Å²) in [5.74, 6) is 7.44. The second kappa shape index (κ2) is 5.30. The number of para-hydroxylation sites is 1. The van der Waals surface area contributed by atoms with Crippen molar-refractivity contribution in [3.05, 3.63) is 60.2 Å². The van der Waals surface area contributed by atoms with E-state index >= 15 is 0 Å². The molecule has 0 aliphatic heterocycles. The second-order valence-electron chi connectivity index (χ2n) is 4.52. The standard InChI is InChI=1S/C15H16N2O2/c16-17-13(8-7-12-5-3-9-18-12)15-10-11-4-1-2-6-14(11)19-15/h1-6,9-10,13,17H,7-8,16H2. The molecule has 1 aromatic carbocycles. The Kier molecular flexibility index (Phi) is 3.35. The highest BCUT2D eigenvalue weighted by atomic mass is 16.3. The van der Waals surface area contributed by atoms with E-state index in [-0.39, 0.29) is 6.04 Å². The molecule has 3 rings (SSSR count). The van der Waals surface area contributed by atoms with E-state index < -0.39 is 0 Å². The summed E-state index contributed by atoms with van der Waals surface area (Å²) in [5.41, 5.74) is 3.69. The average Bonchev–Trinajstić information content (AvgIpc) is 3.08. The van der Waals surface area contributed by atoms with E-state index in [0.29, 0.717) is 0 Å². The van der Waals surface area contributed by atoms with Crippen molar-refractivity contribution in [2.45, 2.75) is 18.9 Å². The van der Waals surface area contributed by atoms with Crippen molar-refractivity contribution in [3.8, 4) is 0 Å². The number of benzene rings is 1. The van der Waals surface area contributed by atoms with Crippen molar-refractivity contribution in [1.82, 2.24) is 5.43 Å². The Balaban J connectivity index is 1.77. The summed E-state index contributed by atoms with van der Waals surface area (Å²) >= 11 is 0. The van der Waals surface area contributed by atoms with E-state index in [2.05, 4.69) is 5.43 Å². The van der Waals surface area contributed by atoms with Gasteiger partial charge in [0.05, 0.1) is 12.3 Å². The number of rotatable bonds is 5. The van der Waals surface area contributed by atoms with Gasteiger partial charge in [0, 0.05) is 11.8 Å². The van der Waals surface area contributed by atoms with Gasteiger partial charge in [0.25, 0.3) is 0 Å². The number of furan rings is 2. The Hall–Kier alpha value is -2.04. The van der Waals surface area contributed by atoms with Crippen LogP contribution in [0.5, 0.6) is 0 Å². The molecule has 1 unspecified atom stereocenters. The van der Waals surface area contributed by atoms with Crippen molar-refractivity contribution in [3.63, 3.8) is 0 Å². The van der Waals surface area contributed by atoms with Crippen LogP contribution >= 0.6 is 0 Å². The average molecular weight is 256 g/mol. The Morgan fingerprint density at radius 2 is 2.05 bits per heavy atom. The fraction of sp³-hybridized carbons (Fsp3) is 0.200. The van der Waals surface area contributed by atoms with E-state index in [1.165, 1.54) is 0 Å². The van der Waals surface area contributed by atoms with E-state index in [4.69, 9.17) is 14.7 Å². The summed E-state index contributed by atoms with van der Waals surface area (Å²) in [4.78, 5) is 0. The van der Waals surface area contributed by atoms with Gasteiger partial charge in [-0.25, -0.2) is 5.43 Å². The van der Waals surface area contributed by atoms with Gasteiger partial charge >= 0.3 is 0 Å². The Labute approximate surface area is 111 Å². The van der Waals surface area contributed by atoms with Crippen molar-refractivity contribution in [2.75, 3.05) is 0 Å². The fourth-order valence-corrected chi connectivity index (χ4v) is 2.22. The molecule has 0 aliphatic rings. The molecule has 0 fully saturated rings. The molecule has 0 bridgehead atoms. The summed E-state index contributed by atoms with van der Waals surface area (Å²) < 4.78 is 11.1. The number of fused-ring (bicyclic) bond motifs is 1. The van der Waals surface area contributed by atoms with Crippen LogP contribution in [-0.2, 0) is 6.42 Å². The van der Waals surface area contributed by atoms with Crippen LogP contribution in [0.2, 0.25) is 0 Å². The summed E-state index contributed by atoms with van der Waals surface area (Å²) in [6.07, 6.45) is 3.32. The predicted molar refractivity (Wildman–Crippen MR) is 73.3 cm³/mol. The smallest absolute Gasteiger partial charge is 0.134 e. The van der Waals surface area contributed by atoms with Crippen LogP contribution in [0.1, 0.15) is 24.0 Å². The number of nitrogens with one attached hydrogen (secondary N) is 1. The minimum Gasteiger partial charge on any atom is -0.469 e. The number of hydrogen-bond donors (Lipinski definition) is 2. The molecule has 0 saturated carbocycles. The molecule has 4 heteroatoms. The third-order valence-electron chi connectivity index (χ3n) is 3.25. The summed E-state index contributed by atoms with van der Waals surface area (Å²) in [6.45, 7) is 0. The van der Waals surface area contributed by atoms with Gasteiger partial charge in [0.2, 0.25) is 0 Å². The van der Waals surface area contributed by atoms with Gasteiger partial charge in [0.1, 0.15) is 17.1 Å². The molecule has 0 spiro atoms. The fourth-order valence-electron chi connectivity index (χ4n) is 2.22. The third kappa shape index (κ3) is 2.54. The van der Waals surface area contributed by atoms with Gasteiger partial charge in [-0.05, 0) is 30.7 Å². The molecular formula is C15H16N2O2. The van der Waals surface area contributed by atoms with Gasteiger partial charge in [0.15, 0.2) is 0 Å². The van der Waals surface area contributed by atoms with Crippen LogP contribution in [-0.4, -0.2) is 0 Å². The highest BCUT2D eigenvalue weighted by molar-refractivity contribution is 5.77. The summed E-state index contributed by atoms with van der Waals surface area (Å²) in [6, 6.07) is 13.8. The van der Waals surface area contributed by atoms with E-state index in [1.54, 1.807) is 6.26 Å². The molecule has 2 heterocycles. The maximum atomic E-state index is 5.82. The van der Waals surface area contributed by atoms with Crippen LogP contribution in [0, 0.1) is 0 Å². The largest absolute Gasteiger partial charge is 0.469 e. The number of aryl methyl sites for hydroxylation is 1. The number of nitrogens with two attached hydrogens (primary N) is 1. The molecule has 0 amide bonds. The first-order chi connectivity index (χ1) is 9.36. The topological polar surface area (TPSA) is 64.3 Å². The number of hydrogen-bond acceptors (Lipinski definition) is 4. The first-order valence-electron chi connectivity index (χ1n) is 6.34. The lowest BCUT2D eigenvalue weighted by atomic mass is 10.1. The van der Waals surface area contributed by atoms with Gasteiger partial charge in [-0.15, -0.1) is 0 Å². The molecule has 3 aromatic rings. The van der Waals surface area contributed by atoms with Crippen molar-refractivity contribution in [1.29, 1.82) is 0 Å². The molecule has 4 nitrogen and oxygen atoms in total. The highest BCUT2D eigenvalue weighted by Crippen LogP contribution is 2.26. The van der Waals surface area contributed by atoms with Crippen LogP contribution in [0.15, 0.2) is 57.6 Å². The number of hydrazine groups is 1. The SMILES string of the molecule is NNC(CCc1ccco1)c1cc2ccccc2o1. The minimum absolute atomic E-state index is 0.0162. The van der Waals surface area contributed by atoms with E-state index in [9.17, 15) is 0 Å². The van der Waals surface area contributed by atoms with Crippen molar-refractivity contribution in [2.24, 2.45) is 5.84 Å². The maximum absolute atomic E-state index is 5.82. The van der Waals surface area contributed by atoms with Crippen molar-refractivity contribution < 1.29 is 8.83 Å². The summed E-state index contributed by atoms with van der Waals surface area (Å²) in [5, 5.41) is 1.09. The van der Waals surface area contributed by atoms with Crippen LogP contribution in [0.3, 0.4) is 0 Å². The quantitative estimate of drug-likeness (QED) is 0.543. The van der Waals surface area contributed by atoms with E-state index in [0.717, 1.165) is 35.3 Å². The molecule has 0 aliphatic carbocycles. The Morgan fingerprint density at radius 3 is 2.79 bits per heavy atom. The van der Waals surface area contributed by atoms with Gasteiger partial charge in [-0.1, -0.05) is 18.2 Å². The molecule has 3 N–H and O–H groups in total. The molecular weight excluding hydrogens is 240 g/mol. The zero-order chi connectivity index (χ0) is 13.1. The normalized spacial score (nSPS) is 12.9. The molecule has 0 radical (unpaired) electrons. The Morgan fingerprint density at radius 1 is 1.16 bits per heavy atom. The van der Waals surface area contributed by atoms with E-state index in [1.807, 2.05) is 42.5 Å². The molecule has 1 atom stereocenters. The monoisotopic (exact) mass is 256 g/mol. The third-order valence-corrected chi connectivity index (χ3v) is 3.25. The Bertz CT molecular complexity index is 610. The zero-order valence-corrected chi connectivity index (χ0v) is 10.5. The van der Waals surface area contributed by atoms with Crippen LogP contribution in [0.4, 0.5) is 0 Å². The second-order valence-corrected chi connectivity index (χ2v) is 4.52. The lowest BCUT2D eigenvalue weighted by molar-refractivity contribution is 0.401. The molecule has 98 valence electrons. The summed E-state index contributed by atoms with van der Waals surface area (Å²) in [7, 11) is 0. The van der Waals surface area contributed by atoms with Gasteiger partial charge < -0.3 is 8.83 Å². The van der Waals surface area contributed by atoms with Gasteiger partial charge in [-0.3, -0.25) is 5.84 Å². The first-order valence-corrected chi connectivity index (χ1v) is 6.34. The lowest BCUT2D eigenvalue weighted by Crippen LogP contribution is -2.28. The minimum atomic E-state index is -0.0162. The van der Waals surface area contributed by atoms with Crippen LogP contribution in [0.25, 0.3) is 11.0 Å². The van der Waals surface area contributed by atoms with Gasteiger partial charge in [-0.2, -0.15) is 0 Å². The maximum Gasteiger partial charge on any atom is 0.134 e. The highest BCUT2D eigenvalue weighted by Gasteiger charge is 2.15. The van der Waals surface area contributed by atoms with Crippen molar-refractivity contribution >= 4 is 11.0 Å². The first kappa shape index (κ1) is 12.0. The van der Waals surface area contributed by atoms with Crippen LogP contribution < -0.4 is 11.3 Å². The predicted octanol–water partition coefficient (Wildman–Crippen LogP) is 3.16. The molecule has 19 heavy (non-hydrogen) atoms. The molecule has 0 saturated heterocycles. The lowest BCUT2D eigenvalue weighted by Gasteiger charge is -2.11.